The van der Waals surface area contributed by atoms with Crippen molar-refractivity contribution in [1.29, 1.82) is 0 Å². The Balaban J connectivity index is 2.18. The van der Waals surface area contributed by atoms with Crippen molar-refractivity contribution in [3.63, 3.8) is 0 Å². The Kier molecular flexibility index (Phi) is 5.77. The van der Waals surface area contributed by atoms with Gasteiger partial charge in [-0.3, -0.25) is 0 Å². The number of halogens is 3. The minimum absolute atomic E-state index is 0.108. The highest BCUT2D eigenvalue weighted by atomic mass is 35.5. The molecule has 2 nitrogen and oxygen atoms in total. The number of ether oxygens (including phenoxy) is 1. The van der Waals surface area contributed by atoms with E-state index in [9.17, 15) is 0 Å². The summed E-state index contributed by atoms with van der Waals surface area (Å²) in [6.07, 6.45) is 1.65. The SMILES string of the molecule is CCC(N)Cc1ccc(Oc2cccc(Cl)c2Cl)cc1Cl. The summed E-state index contributed by atoms with van der Waals surface area (Å²) in [6, 6.07) is 10.9. The normalized spacial score (nSPS) is 12.2. The fraction of sp³-hybridized carbons (Fsp3) is 0.250. The summed E-state index contributed by atoms with van der Waals surface area (Å²) in [5, 5.41) is 1.47. The lowest BCUT2D eigenvalue weighted by molar-refractivity contribution is 0.482. The lowest BCUT2D eigenvalue weighted by Crippen LogP contribution is -2.21. The first kappa shape index (κ1) is 16.4. The molecule has 0 radical (unpaired) electrons. The Morgan fingerprint density at radius 3 is 2.52 bits per heavy atom. The molecule has 0 amide bonds. The molecule has 0 saturated carbocycles. The summed E-state index contributed by atoms with van der Waals surface area (Å²) in [5.41, 5.74) is 6.96. The van der Waals surface area contributed by atoms with Crippen molar-refractivity contribution in [3.05, 3.63) is 57.0 Å². The number of nitrogens with two attached hydrogens (primary N) is 1. The number of hydrogen-bond acceptors (Lipinski definition) is 2. The first-order valence-corrected chi connectivity index (χ1v) is 7.80. The Hall–Kier alpha value is -0.930. The zero-order chi connectivity index (χ0) is 15.4. The van der Waals surface area contributed by atoms with Crippen LogP contribution in [0, 0.1) is 0 Å². The molecule has 0 aliphatic carbocycles. The summed E-state index contributed by atoms with van der Waals surface area (Å²) in [7, 11) is 0. The van der Waals surface area contributed by atoms with E-state index in [1.165, 1.54) is 0 Å². The minimum Gasteiger partial charge on any atom is -0.456 e. The highest BCUT2D eigenvalue weighted by Crippen LogP contribution is 2.35. The van der Waals surface area contributed by atoms with Crippen LogP contribution in [0.25, 0.3) is 0 Å². The average Bonchev–Trinajstić information content (AvgIpc) is 2.46. The smallest absolute Gasteiger partial charge is 0.147 e. The highest BCUT2D eigenvalue weighted by Gasteiger charge is 2.10. The summed E-state index contributed by atoms with van der Waals surface area (Å²) in [4.78, 5) is 0. The van der Waals surface area contributed by atoms with Gasteiger partial charge in [-0.05, 0) is 42.7 Å². The molecule has 0 spiro atoms. The first-order valence-electron chi connectivity index (χ1n) is 6.67. The van der Waals surface area contributed by atoms with Crippen molar-refractivity contribution in [2.75, 3.05) is 0 Å². The van der Waals surface area contributed by atoms with Crippen LogP contribution >= 0.6 is 34.8 Å². The molecule has 2 aromatic carbocycles. The van der Waals surface area contributed by atoms with Crippen molar-refractivity contribution in [3.8, 4) is 11.5 Å². The van der Waals surface area contributed by atoms with Crippen molar-refractivity contribution >= 4 is 34.8 Å². The van der Waals surface area contributed by atoms with E-state index in [2.05, 4.69) is 6.92 Å². The van der Waals surface area contributed by atoms with Crippen molar-refractivity contribution in [1.82, 2.24) is 0 Å². The van der Waals surface area contributed by atoms with Crippen LogP contribution in [0.2, 0.25) is 15.1 Å². The zero-order valence-electron chi connectivity index (χ0n) is 11.6. The zero-order valence-corrected chi connectivity index (χ0v) is 13.8. The van der Waals surface area contributed by atoms with Gasteiger partial charge in [0.25, 0.3) is 0 Å². The fourth-order valence-electron chi connectivity index (χ4n) is 1.87. The Labute approximate surface area is 139 Å². The first-order chi connectivity index (χ1) is 10.0. The average molecular weight is 345 g/mol. The van der Waals surface area contributed by atoms with E-state index in [1.54, 1.807) is 24.3 Å². The van der Waals surface area contributed by atoms with E-state index >= 15 is 0 Å². The van der Waals surface area contributed by atoms with Crippen LogP contribution in [0.3, 0.4) is 0 Å². The molecule has 21 heavy (non-hydrogen) atoms. The maximum atomic E-state index is 6.27. The quantitative estimate of drug-likeness (QED) is 0.753. The van der Waals surface area contributed by atoms with Crippen molar-refractivity contribution < 1.29 is 4.74 Å². The number of rotatable bonds is 5. The largest absolute Gasteiger partial charge is 0.456 e. The monoisotopic (exact) mass is 343 g/mol. The second-order valence-electron chi connectivity index (χ2n) is 4.78. The van der Waals surface area contributed by atoms with Gasteiger partial charge in [0, 0.05) is 11.1 Å². The van der Waals surface area contributed by atoms with Crippen LogP contribution in [0.5, 0.6) is 11.5 Å². The fourth-order valence-corrected chi connectivity index (χ4v) is 2.45. The van der Waals surface area contributed by atoms with Gasteiger partial charge in [0.15, 0.2) is 0 Å². The van der Waals surface area contributed by atoms with Gasteiger partial charge >= 0.3 is 0 Å². The predicted molar refractivity (Wildman–Crippen MR) is 90.0 cm³/mol. The number of hydrogen-bond donors (Lipinski definition) is 1. The summed E-state index contributed by atoms with van der Waals surface area (Å²) in [6.45, 7) is 2.05. The van der Waals surface area contributed by atoms with Crippen LogP contribution in [0.1, 0.15) is 18.9 Å². The molecule has 5 heteroatoms. The minimum atomic E-state index is 0.108. The van der Waals surface area contributed by atoms with E-state index in [0.29, 0.717) is 26.6 Å². The second-order valence-corrected chi connectivity index (χ2v) is 5.97. The van der Waals surface area contributed by atoms with Gasteiger partial charge in [-0.2, -0.15) is 0 Å². The van der Waals surface area contributed by atoms with Crippen molar-refractivity contribution in [2.45, 2.75) is 25.8 Å². The summed E-state index contributed by atoms with van der Waals surface area (Å²) >= 11 is 18.3. The summed E-state index contributed by atoms with van der Waals surface area (Å²) in [5.74, 6) is 1.11. The molecule has 0 saturated heterocycles. The third-order valence-electron chi connectivity index (χ3n) is 3.17. The molecule has 0 aromatic heterocycles. The van der Waals surface area contributed by atoms with Gasteiger partial charge in [-0.15, -0.1) is 0 Å². The summed E-state index contributed by atoms with van der Waals surface area (Å²) < 4.78 is 5.73. The van der Waals surface area contributed by atoms with Crippen LogP contribution in [0.4, 0.5) is 0 Å². The van der Waals surface area contributed by atoms with Crippen LogP contribution in [0.15, 0.2) is 36.4 Å². The molecule has 2 N–H and O–H groups in total. The lowest BCUT2D eigenvalue weighted by Gasteiger charge is -2.13. The van der Waals surface area contributed by atoms with E-state index in [0.717, 1.165) is 18.4 Å². The van der Waals surface area contributed by atoms with E-state index < -0.39 is 0 Å². The maximum Gasteiger partial charge on any atom is 0.147 e. The molecule has 0 aliphatic heterocycles. The van der Waals surface area contributed by atoms with Gasteiger partial charge in [0.2, 0.25) is 0 Å². The molecule has 112 valence electrons. The van der Waals surface area contributed by atoms with Gasteiger partial charge in [0.05, 0.1) is 5.02 Å². The molecule has 0 fully saturated rings. The molecule has 0 bridgehead atoms. The third-order valence-corrected chi connectivity index (χ3v) is 4.33. The van der Waals surface area contributed by atoms with E-state index in [-0.39, 0.29) is 6.04 Å². The van der Waals surface area contributed by atoms with Gasteiger partial charge in [-0.25, -0.2) is 0 Å². The number of benzene rings is 2. The molecule has 2 rings (SSSR count). The van der Waals surface area contributed by atoms with Gasteiger partial charge < -0.3 is 10.5 Å². The molecule has 1 atom stereocenters. The van der Waals surface area contributed by atoms with Crippen LogP contribution in [-0.2, 0) is 6.42 Å². The molecular weight excluding hydrogens is 329 g/mol. The Bertz CT molecular complexity index is 631. The van der Waals surface area contributed by atoms with Gasteiger partial charge in [0.1, 0.15) is 16.5 Å². The maximum absolute atomic E-state index is 6.27. The molecular formula is C16H16Cl3NO. The Morgan fingerprint density at radius 1 is 1.10 bits per heavy atom. The topological polar surface area (TPSA) is 35.2 Å². The standard InChI is InChI=1S/C16H16Cl3NO/c1-2-11(20)8-10-6-7-12(9-14(10)18)21-15-5-3-4-13(17)16(15)19/h3-7,9,11H,2,8,20H2,1H3. The van der Waals surface area contributed by atoms with Crippen LogP contribution in [-0.4, -0.2) is 6.04 Å². The molecule has 1 unspecified atom stereocenters. The van der Waals surface area contributed by atoms with Gasteiger partial charge in [-0.1, -0.05) is 53.9 Å². The van der Waals surface area contributed by atoms with Crippen molar-refractivity contribution in [2.24, 2.45) is 5.73 Å². The second kappa shape index (κ2) is 7.37. The van der Waals surface area contributed by atoms with Crippen LogP contribution < -0.4 is 10.5 Å². The van der Waals surface area contributed by atoms with E-state index in [1.807, 2.05) is 12.1 Å². The van der Waals surface area contributed by atoms with E-state index in [4.69, 9.17) is 45.3 Å². The predicted octanol–water partition coefficient (Wildman–Crippen LogP) is 5.72. The highest BCUT2D eigenvalue weighted by molar-refractivity contribution is 6.42. The lowest BCUT2D eigenvalue weighted by atomic mass is 10.0. The molecule has 0 aliphatic rings. The molecule has 2 aromatic rings. The third kappa shape index (κ3) is 4.27. The Morgan fingerprint density at radius 2 is 1.86 bits per heavy atom. The molecule has 0 heterocycles.